The van der Waals surface area contributed by atoms with E-state index in [-0.39, 0.29) is 29.3 Å². The van der Waals surface area contributed by atoms with Crippen molar-refractivity contribution < 1.29 is 17.4 Å². The number of carbonyl (C=O) groups excluding carboxylic acids is 1. The Morgan fingerprint density at radius 2 is 1.52 bits per heavy atom. The number of ketones is 1. The predicted octanol–water partition coefficient (Wildman–Crippen LogP) is 4.50. The Balaban J connectivity index is 2.66. The maximum Gasteiger partial charge on any atom is 0.380 e. The third kappa shape index (κ3) is 4.96. The molecule has 2 rings (SSSR count). The molecular formula is C21H27NO4S. The summed E-state index contributed by atoms with van der Waals surface area (Å²) in [6, 6.07) is 13.0. The molecule has 6 heteroatoms. The molecule has 1 unspecified atom stereocenters. The van der Waals surface area contributed by atoms with Crippen LogP contribution in [0.5, 0.6) is 5.75 Å². The summed E-state index contributed by atoms with van der Waals surface area (Å²) in [5.74, 6) is -0.388. The molecule has 1 atom stereocenters. The lowest BCUT2D eigenvalue weighted by Crippen LogP contribution is -2.22. The lowest BCUT2D eigenvalue weighted by atomic mass is 9.84. The van der Waals surface area contributed by atoms with Crippen molar-refractivity contribution in [3.8, 4) is 5.75 Å². The molecule has 0 bridgehead atoms. The Morgan fingerprint density at radius 1 is 0.926 bits per heavy atom. The summed E-state index contributed by atoms with van der Waals surface area (Å²) in [5.41, 5.74) is 2.64. The van der Waals surface area contributed by atoms with Gasteiger partial charge in [0.25, 0.3) is 0 Å². The van der Waals surface area contributed by atoms with E-state index < -0.39 is 10.3 Å². The van der Waals surface area contributed by atoms with Crippen molar-refractivity contribution >= 4 is 16.1 Å². The molecule has 0 saturated carbocycles. The smallest absolute Gasteiger partial charge is 0.370 e. The van der Waals surface area contributed by atoms with Crippen LogP contribution >= 0.6 is 0 Å². The van der Waals surface area contributed by atoms with Gasteiger partial charge in [-0.15, -0.1) is 0 Å². The van der Waals surface area contributed by atoms with Crippen LogP contribution in [0, 0.1) is 0 Å². The van der Waals surface area contributed by atoms with Crippen molar-refractivity contribution in [1.82, 2.24) is 0 Å². The largest absolute Gasteiger partial charge is 0.380 e. The van der Waals surface area contributed by atoms with Gasteiger partial charge in [-0.2, -0.15) is 13.6 Å². The molecule has 2 aromatic carbocycles. The summed E-state index contributed by atoms with van der Waals surface area (Å²) >= 11 is 0. The summed E-state index contributed by atoms with van der Waals surface area (Å²) in [6.45, 7) is 9.52. The number of rotatable bonds is 7. The second kappa shape index (κ2) is 8.23. The Bertz CT molecular complexity index is 919. The first-order valence-corrected chi connectivity index (χ1v) is 10.5. The number of benzene rings is 2. The van der Waals surface area contributed by atoms with E-state index in [0.29, 0.717) is 16.7 Å². The van der Waals surface area contributed by atoms with Crippen LogP contribution in [-0.4, -0.2) is 14.2 Å². The van der Waals surface area contributed by atoms with Crippen molar-refractivity contribution in [3.63, 3.8) is 0 Å². The fourth-order valence-electron chi connectivity index (χ4n) is 3.19. The van der Waals surface area contributed by atoms with Gasteiger partial charge in [0.15, 0.2) is 11.5 Å². The zero-order chi connectivity index (χ0) is 20.4. The van der Waals surface area contributed by atoms with Gasteiger partial charge in [-0.05, 0) is 23.0 Å². The summed E-state index contributed by atoms with van der Waals surface area (Å²) in [7, 11) is -4.22. The minimum absolute atomic E-state index is 0.00921. The average Bonchev–Trinajstić information content (AvgIpc) is 2.58. The topological polar surface area (TPSA) is 86.5 Å². The molecule has 2 aromatic rings. The molecule has 0 aromatic heterocycles. The quantitative estimate of drug-likeness (QED) is 0.706. The zero-order valence-electron chi connectivity index (χ0n) is 16.4. The molecule has 0 heterocycles. The molecule has 0 aliphatic rings. The molecule has 5 nitrogen and oxygen atoms in total. The van der Waals surface area contributed by atoms with Crippen LogP contribution in [0.2, 0.25) is 0 Å². The molecule has 2 N–H and O–H groups in total. The van der Waals surface area contributed by atoms with Crippen molar-refractivity contribution in [2.24, 2.45) is 5.14 Å². The van der Waals surface area contributed by atoms with Gasteiger partial charge in [-0.3, -0.25) is 4.79 Å². The van der Waals surface area contributed by atoms with E-state index in [4.69, 9.17) is 9.32 Å². The van der Waals surface area contributed by atoms with Crippen LogP contribution in [-0.2, 0) is 10.3 Å². The maximum atomic E-state index is 13.2. The Morgan fingerprint density at radius 3 is 2.00 bits per heavy atom. The van der Waals surface area contributed by atoms with Gasteiger partial charge in [0.2, 0.25) is 0 Å². The number of hydrogen-bond donors (Lipinski definition) is 1. The number of hydrogen-bond acceptors (Lipinski definition) is 4. The molecule has 0 spiro atoms. The predicted molar refractivity (Wildman–Crippen MR) is 108 cm³/mol. The van der Waals surface area contributed by atoms with Gasteiger partial charge in [0, 0.05) is 17.0 Å². The molecule has 0 amide bonds. The summed E-state index contributed by atoms with van der Waals surface area (Å²) in [6.07, 6.45) is 0. The fraction of sp³-hybridized carbons (Fsp3) is 0.381. The highest BCUT2D eigenvalue weighted by molar-refractivity contribution is 7.84. The highest BCUT2D eigenvalue weighted by Gasteiger charge is 2.27. The van der Waals surface area contributed by atoms with Gasteiger partial charge >= 0.3 is 10.3 Å². The normalized spacial score (nSPS) is 13.0. The van der Waals surface area contributed by atoms with Crippen molar-refractivity contribution in [3.05, 3.63) is 64.7 Å². The second-order valence-corrected chi connectivity index (χ2v) is 8.48. The van der Waals surface area contributed by atoms with Crippen molar-refractivity contribution in [1.29, 1.82) is 0 Å². The van der Waals surface area contributed by atoms with Gasteiger partial charge in [0.05, 0.1) is 0 Å². The average molecular weight is 390 g/mol. The van der Waals surface area contributed by atoms with Crippen LogP contribution in [0.25, 0.3) is 0 Å². The maximum absolute atomic E-state index is 13.2. The molecule has 0 aliphatic carbocycles. The fourth-order valence-corrected chi connectivity index (χ4v) is 3.61. The van der Waals surface area contributed by atoms with Crippen LogP contribution in [0.4, 0.5) is 0 Å². The van der Waals surface area contributed by atoms with Crippen molar-refractivity contribution in [2.75, 3.05) is 0 Å². The number of nitrogens with two attached hydrogens (primary N) is 1. The van der Waals surface area contributed by atoms with E-state index in [1.54, 1.807) is 12.1 Å². The van der Waals surface area contributed by atoms with Crippen LogP contribution < -0.4 is 9.32 Å². The second-order valence-electron chi connectivity index (χ2n) is 7.33. The van der Waals surface area contributed by atoms with E-state index in [2.05, 4.69) is 0 Å². The highest BCUT2D eigenvalue weighted by atomic mass is 32.2. The Hall–Kier alpha value is -2.18. The van der Waals surface area contributed by atoms with Crippen LogP contribution in [0.15, 0.2) is 42.5 Å². The van der Waals surface area contributed by atoms with Crippen LogP contribution in [0.3, 0.4) is 0 Å². The molecule has 0 saturated heterocycles. The van der Waals surface area contributed by atoms with Crippen LogP contribution in [0.1, 0.15) is 79.4 Å². The van der Waals surface area contributed by atoms with E-state index in [1.807, 2.05) is 65.0 Å². The first-order valence-electron chi connectivity index (χ1n) is 9.01. The van der Waals surface area contributed by atoms with Crippen molar-refractivity contribution in [2.45, 2.75) is 52.4 Å². The highest BCUT2D eigenvalue weighted by Crippen LogP contribution is 2.39. The standard InChI is InChI=1S/C21H27NO4S/c1-13(2)17-11-12-18(19(14(3)4)21(17)26-27(22,24)25)20(23)15(5)16-9-7-6-8-10-16/h6-15H,1-5H3,(H2,22,24,25). The monoisotopic (exact) mass is 389 g/mol. The zero-order valence-corrected chi connectivity index (χ0v) is 17.2. The molecular weight excluding hydrogens is 362 g/mol. The minimum Gasteiger partial charge on any atom is -0.370 e. The Kier molecular flexibility index (Phi) is 6.44. The number of Topliss-reactive ketones (excluding diaryl/α,β-unsaturated/α-hetero) is 1. The van der Waals surface area contributed by atoms with E-state index >= 15 is 0 Å². The first-order chi connectivity index (χ1) is 12.5. The lowest BCUT2D eigenvalue weighted by Gasteiger charge is -2.23. The van der Waals surface area contributed by atoms with Gasteiger partial charge < -0.3 is 4.18 Å². The van der Waals surface area contributed by atoms with E-state index in [1.165, 1.54) is 0 Å². The lowest BCUT2D eigenvalue weighted by molar-refractivity contribution is 0.0964. The van der Waals surface area contributed by atoms with E-state index in [0.717, 1.165) is 5.56 Å². The third-order valence-electron chi connectivity index (χ3n) is 4.58. The first kappa shape index (κ1) is 21.1. The van der Waals surface area contributed by atoms with E-state index in [9.17, 15) is 13.2 Å². The van der Waals surface area contributed by atoms with Gasteiger partial charge in [0.1, 0.15) is 0 Å². The molecule has 0 radical (unpaired) electrons. The molecule has 0 aliphatic heterocycles. The summed E-state index contributed by atoms with van der Waals surface area (Å²) in [4.78, 5) is 13.2. The summed E-state index contributed by atoms with van der Waals surface area (Å²) in [5, 5.41) is 5.15. The van der Waals surface area contributed by atoms with Gasteiger partial charge in [-0.25, -0.2) is 0 Å². The molecule has 27 heavy (non-hydrogen) atoms. The third-order valence-corrected chi connectivity index (χ3v) is 4.98. The molecule has 0 fully saturated rings. The Labute approximate surface area is 161 Å². The SMILES string of the molecule is CC(C)c1ccc(C(=O)C(C)c2ccccc2)c(C(C)C)c1OS(N)(=O)=O. The number of carbonyl (C=O) groups is 1. The van der Waals surface area contributed by atoms with Gasteiger partial charge in [-0.1, -0.05) is 77.1 Å². The summed E-state index contributed by atoms with van der Waals surface area (Å²) < 4.78 is 28.5. The minimum atomic E-state index is -4.22. The molecule has 146 valence electrons.